The van der Waals surface area contributed by atoms with Crippen LogP contribution in [0.4, 0.5) is 0 Å². The molecule has 0 bridgehead atoms. The number of carbonyl (C=O) groups excluding carboxylic acids is 1. The van der Waals surface area contributed by atoms with Gasteiger partial charge in [0.2, 0.25) is 10.0 Å². The van der Waals surface area contributed by atoms with Gasteiger partial charge in [-0.15, -0.1) is 0 Å². The molecule has 7 nitrogen and oxygen atoms in total. The summed E-state index contributed by atoms with van der Waals surface area (Å²) in [7, 11) is -2.04. The predicted octanol–water partition coefficient (Wildman–Crippen LogP) is 0.267. The second-order valence-electron chi connectivity index (χ2n) is 6.83. The highest BCUT2D eigenvalue weighted by molar-refractivity contribution is 7.89. The molecule has 3 rings (SSSR count). The molecule has 1 amide bonds. The van der Waals surface area contributed by atoms with E-state index in [0.717, 1.165) is 37.9 Å². The number of hydrogen-bond acceptors (Lipinski definition) is 5. The van der Waals surface area contributed by atoms with E-state index in [4.69, 9.17) is 4.74 Å². The number of fused-ring (bicyclic) bond motifs is 1. The second-order valence-corrected chi connectivity index (χ2v) is 8.60. The normalized spacial score (nSPS) is 20.0. The quantitative estimate of drug-likeness (QED) is 0.671. The summed E-state index contributed by atoms with van der Waals surface area (Å²) in [5.74, 6) is -0.215. The summed E-state index contributed by atoms with van der Waals surface area (Å²) < 4.78 is 33.5. The maximum absolute atomic E-state index is 12.7. The molecule has 1 aromatic carbocycles. The molecule has 2 heterocycles. The Morgan fingerprint density at radius 3 is 2.72 bits per heavy atom. The van der Waals surface area contributed by atoms with Gasteiger partial charge in [-0.2, -0.15) is 0 Å². The standard InChI is InChI=1S/C17H25N3O4S/c1-24-12-17(5-8-18-9-6-17)11-20-25(22,23)14-3-2-13-4-7-19-16(21)15(13)10-14/h2-3,10,18,20H,4-9,11-12H2,1H3,(H,19,21). The molecule has 0 atom stereocenters. The lowest BCUT2D eigenvalue weighted by molar-refractivity contribution is 0.0577. The molecule has 1 saturated heterocycles. The Morgan fingerprint density at radius 2 is 2.00 bits per heavy atom. The Morgan fingerprint density at radius 1 is 1.24 bits per heavy atom. The van der Waals surface area contributed by atoms with Gasteiger partial charge in [-0.25, -0.2) is 13.1 Å². The Hall–Kier alpha value is -1.48. The predicted molar refractivity (Wildman–Crippen MR) is 94.1 cm³/mol. The van der Waals surface area contributed by atoms with E-state index in [-0.39, 0.29) is 16.2 Å². The summed E-state index contributed by atoms with van der Waals surface area (Å²) >= 11 is 0. The van der Waals surface area contributed by atoms with Crippen LogP contribution in [-0.4, -0.2) is 54.2 Å². The van der Waals surface area contributed by atoms with E-state index < -0.39 is 10.0 Å². The summed E-state index contributed by atoms with van der Waals surface area (Å²) in [5.41, 5.74) is 1.14. The number of nitrogens with one attached hydrogen (secondary N) is 3. The van der Waals surface area contributed by atoms with Gasteiger partial charge in [0.25, 0.3) is 5.91 Å². The van der Waals surface area contributed by atoms with Crippen LogP contribution in [0, 0.1) is 5.41 Å². The summed E-state index contributed by atoms with van der Waals surface area (Å²) in [6.07, 6.45) is 2.44. The number of piperidine rings is 1. The van der Waals surface area contributed by atoms with Crippen LogP contribution in [0.3, 0.4) is 0 Å². The van der Waals surface area contributed by atoms with Gasteiger partial charge >= 0.3 is 0 Å². The first-order valence-corrected chi connectivity index (χ1v) is 10.0. The molecule has 0 saturated carbocycles. The highest BCUT2D eigenvalue weighted by Crippen LogP contribution is 2.29. The summed E-state index contributed by atoms with van der Waals surface area (Å²) in [5, 5.41) is 6.03. The van der Waals surface area contributed by atoms with Gasteiger partial charge in [0, 0.05) is 31.2 Å². The maximum atomic E-state index is 12.7. The fraction of sp³-hybridized carbons (Fsp3) is 0.588. The van der Waals surface area contributed by atoms with Gasteiger partial charge in [0.05, 0.1) is 11.5 Å². The molecule has 0 spiro atoms. The van der Waals surface area contributed by atoms with Crippen LogP contribution in [0.25, 0.3) is 0 Å². The minimum Gasteiger partial charge on any atom is -0.384 e. The highest BCUT2D eigenvalue weighted by atomic mass is 32.2. The topological polar surface area (TPSA) is 96.5 Å². The third-order valence-electron chi connectivity index (χ3n) is 5.07. The summed E-state index contributed by atoms with van der Waals surface area (Å²) in [6, 6.07) is 4.78. The highest BCUT2D eigenvalue weighted by Gasteiger charge is 2.34. The molecule has 8 heteroatoms. The van der Waals surface area contributed by atoms with Crippen LogP contribution < -0.4 is 15.4 Å². The number of amides is 1. The lowest BCUT2D eigenvalue weighted by Crippen LogP contribution is -2.47. The SMILES string of the molecule is COCC1(CNS(=O)(=O)c2ccc3c(c2)C(=O)NCC3)CCNCC1. The average Bonchev–Trinajstić information content (AvgIpc) is 2.61. The molecule has 138 valence electrons. The first-order chi connectivity index (χ1) is 12.0. The monoisotopic (exact) mass is 367 g/mol. The van der Waals surface area contributed by atoms with Crippen molar-refractivity contribution in [2.45, 2.75) is 24.2 Å². The van der Waals surface area contributed by atoms with Crippen molar-refractivity contribution in [2.24, 2.45) is 5.41 Å². The van der Waals surface area contributed by atoms with Crippen molar-refractivity contribution >= 4 is 15.9 Å². The van der Waals surface area contributed by atoms with Gasteiger partial charge in [-0.1, -0.05) is 6.07 Å². The van der Waals surface area contributed by atoms with Crippen molar-refractivity contribution in [2.75, 3.05) is 39.9 Å². The Kier molecular flexibility index (Phi) is 5.43. The van der Waals surface area contributed by atoms with E-state index in [2.05, 4.69) is 15.4 Å². The van der Waals surface area contributed by atoms with Crippen molar-refractivity contribution < 1.29 is 17.9 Å². The van der Waals surface area contributed by atoms with Crippen molar-refractivity contribution in [3.63, 3.8) is 0 Å². The molecular formula is C17H25N3O4S. The largest absolute Gasteiger partial charge is 0.384 e. The van der Waals surface area contributed by atoms with Crippen molar-refractivity contribution in [1.82, 2.24) is 15.4 Å². The smallest absolute Gasteiger partial charge is 0.251 e. The van der Waals surface area contributed by atoms with Gasteiger partial charge in [-0.3, -0.25) is 4.79 Å². The molecule has 1 aromatic rings. The first kappa shape index (κ1) is 18.3. The van der Waals surface area contributed by atoms with E-state index in [1.807, 2.05) is 0 Å². The molecule has 2 aliphatic heterocycles. The molecule has 0 unspecified atom stereocenters. The fourth-order valence-corrected chi connectivity index (χ4v) is 4.71. The number of ether oxygens (including phenoxy) is 1. The van der Waals surface area contributed by atoms with Gasteiger partial charge in [0.15, 0.2) is 0 Å². The zero-order chi connectivity index (χ0) is 17.9. The zero-order valence-electron chi connectivity index (χ0n) is 14.4. The van der Waals surface area contributed by atoms with E-state index in [1.165, 1.54) is 6.07 Å². The lowest BCUT2D eigenvalue weighted by atomic mass is 9.80. The van der Waals surface area contributed by atoms with E-state index in [9.17, 15) is 13.2 Å². The van der Waals surface area contributed by atoms with Gasteiger partial charge in [-0.05, 0) is 50.0 Å². The fourth-order valence-electron chi connectivity index (χ4n) is 3.52. The first-order valence-electron chi connectivity index (χ1n) is 8.56. The summed E-state index contributed by atoms with van der Waals surface area (Å²) in [6.45, 7) is 3.13. The molecule has 0 radical (unpaired) electrons. The van der Waals surface area contributed by atoms with Crippen LogP contribution in [0.2, 0.25) is 0 Å². The maximum Gasteiger partial charge on any atom is 0.251 e. The number of sulfonamides is 1. The second kappa shape index (κ2) is 7.41. The molecule has 2 aliphatic rings. The Balaban J connectivity index is 1.77. The molecular weight excluding hydrogens is 342 g/mol. The Labute approximate surface area is 148 Å². The van der Waals surface area contributed by atoms with E-state index >= 15 is 0 Å². The summed E-state index contributed by atoms with van der Waals surface area (Å²) in [4.78, 5) is 12.1. The van der Waals surface area contributed by atoms with E-state index in [1.54, 1.807) is 19.2 Å². The molecule has 0 aliphatic carbocycles. The molecule has 1 fully saturated rings. The number of rotatable bonds is 6. The zero-order valence-corrected chi connectivity index (χ0v) is 15.2. The van der Waals surface area contributed by atoms with E-state index in [0.29, 0.717) is 25.3 Å². The van der Waals surface area contributed by atoms with Crippen LogP contribution in [-0.2, 0) is 21.2 Å². The lowest BCUT2D eigenvalue weighted by Gasteiger charge is -2.37. The Bertz CT molecular complexity index is 737. The van der Waals surface area contributed by atoms with Crippen molar-refractivity contribution in [3.05, 3.63) is 29.3 Å². The van der Waals surface area contributed by atoms with Crippen molar-refractivity contribution in [3.8, 4) is 0 Å². The van der Waals surface area contributed by atoms with Gasteiger partial charge in [0.1, 0.15) is 0 Å². The van der Waals surface area contributed by atoms with Crippen LogP contribution >= 0.6 is 0 Å². The number of hydrogen-bond donors (Lipinski definition) is 3. The number of benzene rings is 1. The molecule has 3 N–H and O–H groups in total. The minimum atomic E-state index is -3.68. The molecule has 25 heavy (non-hydrogen) atoms. The number of carbonyl (C=O) groups is 1. The van der Waals surface area contributed by atoms with Crippen LogP contribution in [0.5, 0.6) is 0 Å². The van der Waals surface area contributed by atoms with Crippen molar-refractivity contribution in [1.29, 1.82) is 0 Å². The van der Waals surface area contributed by atoms with Crippen LogP contribution in [0.1, 0.15) is 28.8 Å². The average molecular weight is 367 g/mol. The van der Waals surface area contributed by atoms with Crippen LogP contribution in [0.15, 0.2) is 23.1 Å². The third-order valence-corrected chi connectivity index (χ3v) is 6.47. The van der Waals surface area contributed by atoms with Gasteiger partial charge < -0.3 is 15.4 Å². The number of methoxy groups -OCH3 is 1. The molecule has 0 aromatic heterocycles. The minimum absolute atomic E-state index is 0.129. The third kappa shape index (κ3) is 4.03.